The number of hydrogen-bond donors (Lipinski definition) is 0. The third-order valence-electron chi connectivity index (χ3n) is 3.86. The molecule has 1 aliphatic heterocycles. The fourth-order valence-electron chi connectivity index (χ4n) is 2.63. The third kappa shape index (κ3) is 2.66. The van der Waals surface area contributed by atoms with Gasteiger partial charge in [0.25, 0.3) is 5.91 Å². The van der Waals surface area contributed by atoms with Crippen LogP contribution in [0, 0.1) is 0 Å². The van der Waals surface area contributed by atoms with Crippen LogP contribution in [0.4, 0.5) is 5.82 Å². The van der Waals surface area contributed by atoms with E-state index in [0.717, 1.165) is 36.9 Å². The summed E-state index contributed by atoms with van der Waals surface area (Å²) >= 11 is 0. The highest BCUT2D eigenvalue weighted by Crippen LogP contribution is 2.16. The van der Waals surface area contributed by atoms with Crippen LogP contribution in [0.1, 0.15) is 28.4 Å². The van der Waals surface area contributed by atoms with E-state index in [0.29, 0.717) is 12.1 Å². The summed E-state index contributed by atoms with van der Waals surface area (Å²) in [5.74, 6) is 2.60. The summed E-state index contributed by atoms with van der Waals surface area (Å²) in [7, 11) is 5.59. The first kappa shape index (κ1) is 14.5. The summed E-state index contributed by atoms with van der Waals surface area (Å²) in [5.41, 5.74) is 0.627. The summed E-state index contributed by atoms with van der Waals surface area (Å²) in [6.07, 6.45) is 3.73. The zero-order valence-corrected chi connectivity index (χ0v) is 13.2. The number of aryl methyl sites for hydroxylation is 1. The summed E-state index contributed by atoms with van der Waals surface area (Å²) in [6, 6.07) is 3.53. The molecule has 7 heteroatoms. The number of anilines is 1. The lowest BCUT2D eigenvalue weighted by atomic mass is 10.2. The number of pyridine rings is 1. The Morgan fingerprint density at radius 2 is 2.14 bits per heavy atom. The highest BCUT2D eigenvalue weighted by atomic mass is 16.2. The van der Waals surface area contributed by atoms with Gasteiger partial charge in [-0.25, -0.2) is 4.98 Å². The molecule has 0 atom stereocenters. The molecule has 0 radical (unpaired) electrons. The Balaban J connectivity index is 1.75. The molecular formula is C15H20N6O. The van der Waals surface area contributed by atoms with Crippen LogP contribution < -0.4 is 4.90 Å². The first-order chi connectivity index (χ1) is 10.6. The molecule has 1 amide bonds. The Morgan fingerprint density at radius 3 is 2.91 bits per heavy atom. The van der Waals surface area contributed by atoms with Crippen molar-refractivity contribution in [1.82, 2.24) is 24.6 Å². The van der Waals surface area contributed by atoms with E-state index in [2.05, 4.69) is 19.7 Å². The van der Waals surface area contributed by atoms with Gasteiger partial charge < -0.3 is 14.4 Å². The maximum atomic E-state index is 12.6. The smallest absolute Gasteiger partial charge is 0.254 e. The lowest BCUT2D eigenvalue weighted by Gasteiger charge is -2.18. The van der Waals surface area contributed by atoms with E-state index in [9.17, 15) is 4.79 Å². The molecule has 3 heterocycles. The average Bonchev–Trinajstić information content (AvgIpc) is 3.11. The van der Waals surface area contributed by atoms with Gasteiger partial charge in [-0.05, 0) is 18.6 Å². The summed E-state index contributed by atoms with van der Waals surface area (Å²) in [6.45, 7) is 1.41. The van der Waals surface area contributed by atoms with Gasteiger partial charge in [-0.15, -0.1) is 10.2 Å². The zero-order valence-electron chi connectivity index (χ0n) is 13.2. The highest BCUT2D eigenvalue weighted by Gasteiger charge is 2.20. The molecule has 0 bridgehead atoms. The second-order valence-corrected chi connectivity index (χ2v) is 5.75. The molecule has 116 valence electrons. The van der Waals surface area contributed by atoms with Gasteiger partial charge in [0, 0.05) is 45.9 Å². The van der Waals surface area contributed by atoms with Crippen LogP contribution in [-0.4, -0.2) is 51.7 Å². The van der Waals surface area contributed by atoms with E-state index in [1.807, 2.05) is 19.0 Å². The van der Waals surface area contributed by atoms with Crippen LogP contribution in [-0.2, 0) is 19.5 Å². The van der Waals surface area contributed by atoms with Crippen LogP contribution in [0.2, 0.25) is 0 Å². The molecular weight excluding hydrogens is 280 g/mol. The standard InChI is InChI=1S/C15H20N6O/c1-19(2)13-9-11(6-7-16-13)15(22)20(3)10-14-18-17-12-5-4-8-21(12)14/h6-7,9H,4-5,8,10H2,1-3H3. The largest absolute Gasteiger partial charge is 0.363 e. The third-order valence-corrected chi connectivity index (χ3v) is 3.86. The minimum atomic E-state index is -0.0409. The highest BCUT2D eigenvalue weighted by molar-refractivity contribution is 5.94. The van der Waals surface area contributed by atoms with Gasteiger partial charge in [0.1, 0.15) is 11.6 Å². The summed E-state index contributed by atoms with van der Waals surface area (Å²) < 4.78 is 2.11. The van der Waals surface area contributed by atoms with Gasteiger partial charge in [0.2, 0.25) is 0 Å². The topological polar surface area (TPSA) is 67.2 Å². The van der Waals surface area contributed by atoms with E-state index in [1.165, 1.54) is 0 Å². The van der Waals surface area contributed by atoms with E-state index < -0.39 is 0 Å². The normalized spacial score (nSPS) is 13.0. The van der Waals surface area contributed by atoms with Gasteiger partial charge in [0.15, 0.2) is 5.82 Å². The molecule has 3 rings (SSSR count). The van der Waals surface area contributed by atoms with Crippen LogP contribution >= 0.6 is 0 Å². The van der Waals surface area contributed by atoms with Crippen molar-refractivity contribution in [2.24, 2.45) is 0 Å². The maximum Gasteiger partial charge on any atom is 0.254 e. The molecule has 0 aliphatic carbocycles. The van der Waals surface area contributed by atoms with Gasteiger partial charge in [-0.1, -0.05) is 0 Å². The van der Waals surface area contributed by atoms with Crippen molar-refractivity contribution < 1.29 is 4.79 Å². The van der Waals surface area contributed by atoms with Crippen molar-refractivity contribution in [3.05, 3.63) is 35.5 Å². The summed E-state index contributed by atoms with van der Waals surface area (Å²) in [4.78, 5) is 20.3. The fraction of sp³-hybridized carbons (Fsp3) is 0.467. The average molecular weight is 300 g/mol. The second kappa shape index (κ2) is 5.75. The van der Waals surface area contributed by atoms with E-state index >= 15 is 0 Å². The second-order valence-electron chi connectivity index (χ2n) is 5.75. The molecule has 1 aliphatic rings. The molecule has 7 nitrogen and oxygen atoms in total. The van der Waals surface area contributed by atoms with Gasteiger partial charge in [-0.2, -0.15) is 0 Å². The molecule has 2 aromatic rings. The van der Waals surface area contributed by atoms with Crippen LogP contribution in [0.3, 0.4) is 0 Å². The van der Waals surface area contributed by atoms with Crippen molar-refractivity contribution in [1.29, 1.82) is 0 Å². The molecule has 22 heavy (non-hydrogen) atoms. The van der Waals surface area contributed by atoms with E-state index in [-0.39, 0.29) is 5.91 Å². The Bertz CT molecular complexity index is 693. The number of fused-ring (bicyclic) bond motifs is 1. The minimum Gasteiger partial charge on any atom is -0.363 e. The van der Waals surface area contributed by atoms with Crippen LogP contribution in [0.15, 0.2) is 18.3 Å². The minimum absolute atomic E-state index is 0.0409. The van der Waals surface area contributed by atoms with E-state index in [4.69, 9.17) is 0 Å². The lowest BCUT2D eigenvalue weighted by Crippen LogP contribution is -2.28. The van der Waals surface area contributed by atoms with Crippen molar-refractivity contribution in [2.45, 2.75) is 25.9 Å². The number of carbonyl (C=O) groups excluding carboxylic acids is 1. The molecule has 0 N–H and O–H groups in total. The lowest BCUT2D eigenvalue weighted by molar-refractivity contribution is 0.0780. The monoisotopic (exact) mass is 300 g/mol. The predicted octanol–water partition coefficient (Wildman–Crippen LogP) is 0.957. The van der Waals surface area contributed by atoms with E-state index in [1.54, 1.807) is 30.3 Å². The van der Waals surface area contributed by atoms with Crippen molar-refractivity contribution >= 4 is 11.7 Å². The van der Waals surface area contributed by atoms with Crippen LogP contribution in [0.25, 0.3) is 0 Å². The summed E-state index contributed by atoms with van der Waals surface area (Å²) in [5, 5.41) is 8.38. The van der Waals surface area contributed by atoms with Crippen molar-refractivity contribution in [2.75, 3.05) is 26.0 Å². The zero-order chi connectivity index (χ0) is 15.7. The number of aromatic nitrogens is 4. The molecule has 0 saturated carbocycles. The Kier molecular flexibility index (Phi) is 3.79. The Morgan fingerprint density at radius 1 is 1.32 bits per heavy atom. The Hall–Kier alpha value is -2.44. The molecule has 0 aromatic carbocycles. The number of rotatable bonds is 4. The van der Waals surface area contributed by atoms with Crippen molar-refractivity contribution in [3.8, 4) is 0 Å². The van der Waals surface area contributed by atoms with Gasteiger partial charge >= 0.3 is 0 Å². The number of amides is 1. The van der Waals surface area contributed by atoms with Crippen molar-refractivity contribution in [3.63, 3.8) is 0 Å². The van der Waals surface area contributed by atoms with Gasteiger partial charge in [-0.3, -0.25) is 4.79 Å². The Labute approximate surface area is 129 Å². The first-order valence-electron chi connectivity index (χ1n) is 7.36. The quantitative estimate of drug-likeness (QED) is 0.841. The molecule has 0 unspecified atom stereocenters. The molecule has 0 fully saturated rings. The molecule has 0 spiro atoms. The van der Waals surface area contributed by atoms with Gasteiger partial charge in [0.05, 0.1) is 6.54 Å². The molecule has 0 saturated heterocycles. The fourth-order valence-corrected chi connectivity index (χ4v) is 2.63. The molecule has 2 aromatic heterocycles. The van der Waals surface area contributed by atoms with Crippen LogP contribution in [0.5, 0.6) is 0 Å². The first-order valence-corrected chi connectivity index (χ1v) is 7.36. The maximum absolute atomic E-state index is 12.6. The predicted molar refractivity (Wildman–Crippen MR) is 82.7 cm³/mol. The number of nitrogens with zero attached hydrogens (tertiary/aromatic N) is 6. The number of carbonyl (C=O) groups is 1. The number of hydrogen-bond acceptors (Lipinski definition) is 5. The SMILES string of the molecule is CN(Cc1nnc2n1CCC2)C(=O)c1ccnc(N(C)C)c1.